The van der Waals surface area contributed by atoms with Crippen molar-refractivity contribution in [1.29, 1.82) is 0 Å². The van der Waals surface area contributed by atoms with Crippen molar-refractivity contribution in [2.45, 2.75) is 18.9 Å². The van der Waals surface area contributed by atoms with Gasteiger partial charge in [0.2, 0.25) is 0 Å². The second-order valence-electron chi connectivity index (χ2n) is 5.14. The summed E-state index contributed by atoms with van der Waals surface area (Å²) in [7, 11) is 1.73. The lowest BCUT2D eigenvalue weighted by atomic mass is 10.1. The molecule has 2 heterocycles. The molecule has 0 unspecified atom stereocenters. The minimum Gasteiger partial charge on any atom is -0.399 e. The Morgan fingerprint density at radius 3 is 2.80 bits per heavy atom. The summed E-state index contributed by atoms with van der Waals surface area (Å²) in [6.07, 6.45) is 2.13. The second kappa shape index (κ2) is 5.42. The van der Waals surface area contributed by atoms with Gasteiger partial charge in [-0.3, -0.25) is 4.79 Å². The number of thiophene rings is 1. The molecule has 2 aromatic rings. The number of benzene rings is 1. The zero-order valence-electron chi connectivity index (χ0n) is 11.5. The number of carbonyl (C=O) groups is 1. The van der Waals surface area contributed by atoms with E-state index in [9.17, 15) is 4.79 Å². The molecule has 0 bridgehead atoms. The van der Waals surface area contributed by atoms with Crippen LogP contribution in [0.15, 0.2) is 24.3 Å². The number of carbonyl (C=O) groups excluding carboxylic acids is 1. The molecule has 1 aliphatic heterocycles. The number of ether oxygens (including phenoxy) is 1. The molecule has 5 heteroatoms. The third-order valence-corrected chi connectivity index (χ3v) is 4.92. The molecule has 1 aromatic heterocycles. The third-order valence-electron chi connectivity index (χ3n) is 3.81. The van der Waals surface area contributed by atoms with E-state index in [1.807, 2.05) is 29.2 Å². The third kappa shape index (κ3) is 2.51. The Bertz CT molecular complexity index is 630. The number of nitrogen functional groups attached to an aromatic ring is 1. The van der Waals surface area contributed by atoms with E-state index in [1.165, 1.54) is 11.3 Å². The van der Waals surface area contributed by atoms with Crippen molar-refractivity contribution in [2.75, 3.05) is 25.9 Å². The van der Waals surface area contributed by atoms with Crippen LogP contribution < -0.4 is 5.73 Å². The van der Waals surface area contributed by atoms with Gasteiger partial charge in [-0.25, -0.2) is 0 Å². The van der Waals surface area contributed by atoms with Gasteiger partial charge in [-0.2, -0.15) is 0 Å². The van der Waals surface area contributed by atoms with Gasteiger partial charge in [-0.1, -0.05) is 0 Å². The van der Waals surface area contributed by atoms with Gasteiger partial charge in [0.1, 0.15) is 0 Å². The number of likely N-dealkylation sites (tertiary alicyclic amines) is 1. The molecule has 0 aliphatic carbocycles. The van der Waals surface area contributed by atoms with Crippen LogP contribution in [0, 0.1) is 0 Å². The monoisotopic (exact) mass is 290 g/mol. The normalized spacial score (nSPS) is 16.8. The van der Waals surface area contributed by atoms with Crippen LogP contribution in [-0.4, -0.2) is 37.1 Å². The number of nitrogens with two attached hydrogens (primary N) is 1. The molecular weight excluding hydrogens is 272 g/mol. The smallest absolute Gasteiger partial charge is 0.263 e. The number of fused-ring (bicyclic) bond motifs is 1. The highest BCUT2D eigenvalue weighted by molar-refractivity contribution is 7.20. The van der Waals surface area contributed by atoms with Crippen LogP contribution in [-0.2, 0) is 4.74 Å². The Hall–Kier alpha value is -1.59. The van der Waals surface area contributed by atoms with Crippen LogP contribution in [0.1, 0.15) is 22.5 Å². The molecule has 0 radical (unpaired) electrons. The molecule has 4 nitrogen and oxygen atoms in total. The summed E-state index contributed by atoms with van der Waals surface area (Å²) in [5.41, 5.74) is 6.51. The Morgan fingerprint density at radius 2 is 2.10 bits per heavy atom. The van der Waals surface area contributed by atoms with E-state index in [-0.39, 0.29) is 5.91 Å². The van der Waals surface area contributed by atoms with Crippen molar-refractivity contribution < 1.29 is 9.53 Å². The van der Waals surface area contributed by atoms with Crippen molar-refractivity contribution in [3.8, 4) is 0 Å². The van der Waals surface area contributed by atoms with E-state index in [4.69, 9.17) is 10.5 Å². The van der Waals surface area contributed by atoms with Gasteiger partial charge < -0.3 is 15.4 Å². The predicted octanol–water partition coefficient (Wildman–Crippen LogP) is 2.73. The first-order chi connectivity index (χ1) is 9.67. The Labute approximate surface area is 122 Å². The fourth-order valence-corrected chi connectivity index (χ4v) is 3.63. The van der Waals surface area contributed by atoms with Crippen LogP contribution in [0.5, 0.6) is 0 Å². The van der Waals surface area contributed by atoms with Crippen molar-refractivity contribution in [3.05, 3.63) is 29.1 Å². The summed E-state index contributed by atoms with van der Waals surface area (Å²) in [5, 5.41) is 1.05. The maximum Gasteiger partial charge on any atom is 0.263 e. The van der Waals surface area contributed by atoms with Gasteiger partial charge in [0, 0.05) is 30.6 Å². The highest BCUT2D eigenvalue weighted by Crippen LogP contribution is 2.29. The second-order valence-corrected chi connectivity index (χ2v) is 6.22. The van der Waals surface area contributed by atoms with Crippen molar-refractivity contribution in [3.63, 3.8) is 0 Å². The quantitative estimate of drug-likeness (QED) is 0.865. The topological polar surface area (TPSA) is 55.6 Å². The highest BCUT2D eigenvalue weighted by Gasteiger charge is 2.24. The zero-order valence-corrected chi connectivity index (χ0v) is 12.3. The highest BCUT2D eigenvalue weighted by atomic mass is 32.1. The van der Waals surface area contributed by atoms with Gasteiger partial charge in [-0.15, -0.1) is 11.3 Å². The molecular formula is C15H18N2O2S. The standard InChI is InChI=1S/C15H18N2O2S/c1-19-12-4-6-17(7-5-12)15(18)14-9-10-8-11(16)2-3-13(10)20-14/h2-3,8-9,12H,4-7,16H2,1H3. The number of rotatable bonds is 2. The van der Waals surface area contributed by atoms with Gasteiger partial charge in [0.15, 0.2) is 0 Å². The first-order valence-electron chi connectivity index (χ1n) is 6.78. The number of anilines is 1. The molecule has 1 aromatic carbocycles. The molecule has 1 amide bonds. The molecule has 0 atom stereocenters. The van der Waals surface area contributed by atoms with Gasteiger partial charge in [0.25, 0.3) is 5.91 Å². The summed E-state index contributed by atoms with van der Waals surface area (Å²) < 4.78 is 6.44. The van der Waals surface area contributed by atoms with Gasteiger partial charge >= 0.3 is 0 Å². The summed E-state index contributed by atoms with van der Waals surface area (Å²) in [5.74, 6) is 0.124. The first-order valence-corrected chi connectivity index (χ1v) is 7.60. The molecule has 0 saturated carbocycles. The molecule has 1 aliphatic rings. The number of methoxy groups -OCH3 is 1. The van der Waals surface area contributed by atoms with Crippen LogP contribution >= 0.6 is 11.3 Å². The Balaban J connectivity index is 1.79. The van der Waals surface area contributed by atoms with Crippen molar-refractivity contribution in [1.82, 2.24) is 4.90 Å². The number of hydrogen-bond donors (Lipinski definition) is 1. The van der Waals surface area contributed by atoms with Gasteiger partial charge in [-0.05, 0) is 42.5 Å². The molecule has 1 fully saturated rings. The van der Waals surface area contributed by atoms with Crippen LogP contribution in [0.4, 0.5) is 5.69 Å². The largest absolute Gasteiger partial charge is 0.399 e. The maximum atomic E-state index is 12.5. The summed E-state index contributed by atoms with van der Waals surface area (Å²) >= 11 is 1.54. The number of piperidine rings is 1. The van der Waals surface area contributed by atoms with E-state index < -0.39 is 0 Å². The van der Waals surface area contributed by atoms with Crippen molar-refractivity contribution in [2.24, 2.45) is 0 Å². The molecule has 0 spiro atoms. The molecule has 3 rings (SSSR count). The van der Waals surface area contributed by atoms with Gasteiger partial charge in [0.05, 0.1) is 11.0 Å². The predicted molar refractivity (Wildman–Crippen MR) is 82.2 cm³/mol. The summed E-state index contributed by atoms with van der Waals surface area (Å²) in [4.78, 5) is 15.2. The average Bonchev–Trinajstić information content (AvgIpc) is 2.89. The van der Waals surface area contributed by atoms with E-state index in [2.05, 4.69) is 0 Å². The van der Waals surface area contributed by atoms with E-state index in [0.717, 1.165) is 46.6 Å². The van der Waals surface area contributed by atoms with Crippen molar-refractivity contribution >= 4 is 33.0 Å². The molecule has 1 saturated heterocycles. The molecule has 106 valence electrons. The lowest BCUT2D eigenvalue weighted by Gasteiger charge is -2.30. The maximum absolute atomic E-state index is 12.5. The average molecular weight is 290 g/mol. The number of hydrogen-bond acceptors (Lipinski definition) is 4. The van der Waals surface area contributed by atoms with E-state index in [0.29, 0.717) is 6.10 Å². The minimum atomic E-state index is 0.124. The lowest BCUT2D eigenvalue weighted by Crippen LogP contribution is -2.40. The van der Waals surface area contributed by atoms with Crippen LogP contribution in [0.25, 0.3) is 10.1 Å². The Kier molecular flexibility index (Phi) is 3.63. The fraction of sp³-hybridized carbons (Fsp3) is 0.400. The van der Waals surface area contributed by atoms with E-state index in [1.54, 1.807) is 7.11 Å². The SMILES string of the molecule is COC1CCN(C(=O)c2cc3cc(N)ccc3s2)CC1. The lowest BCUT2D eigenvalue weighted by molar-refractivity contribution is 0.0353. The fourth-order valence-electron chi connectivity index (χ4n) is 2.62. The van der Waals surface area contributed by atoms with Crippen LogP contribution in [0.3, 0.4) is 0 Å². The Morgan fingerprint density at radius 1 is 1.35 bits per heavy atom. The first kappa shape index (κ1) is 13.4. The van der Waals surface area contributed by atoms with E-state index >= 15 is 0 Å². The molecule has 20 heavy (non-hydrogen) atoms. The molecule has 2 N–H and O–H groups in total. The number of nitrogens with zero attached hydrogens (tertiary/aromatic N) is 1. The summed E-state index contributed by atoms with van der Waals surface area (Å²) in [6, 6.07) is 7.71. The summed E-state index contributed by atoms with van der Waals surface area (Å²) in [6.45, 7) is 1.54. The zero-order chi connectivity index (χ0) is 14.1. The van der Waals surface area contributed by atoms with Crippen LogP contribution in [0.2, 0.25) is 0 Å². The minimum absolute atomic E-state index is 0.124. The number of amides is 1.